The van der Waals surface area contributed by atoms with Crippen LogP contribution in [0.25, 0.3) is 5.57 Å². The number of amides is 1. The molecule has 0 aromatic heterocycles. The van der Waals surface area contributed by atoms with Crippen LogP contribution in [0.5, 0.6) is 0 Å². The van der Waals surface area contributed by atoms with Crippen molar-refractivity contribution in [1.82, 2.24) is 4.90 Å². The van der Waals surface area contributed by atoms with E-state index in [1.54, 1.807) is 0 Å². The zero-order chi connectivity index (χ0) is 17.8. The average Bonchev–Trinajstić information content (AvgIpc) is 3.10. The third-order valence-electron chi connectivity index (χ3n) is 4.93. The maximum atomic E-state index is 12.6. The number of rotatable bonds is 5. The maximum Gasteiger partial charge on any atom is 0.226 e. The molecule has 3 rings (SSSR count). The van der Waals surface area contributed by atoms with E-state index in [1.807, 2.05) is 36.4 Å². The number of aryl methyl sites for hydroxylation is 1. The quantitative estimate of drug-likeness (QED) is 0.790. The third kappa shape index (κ3) is 4.11. The summed E-state index contributed by atoms with van der Waals surface area (Å²) in [7, 11) is 1.86. The summed E-state index contributed by atoms with van der Waals surface area (Å²) in [5.41, 5.74) is 4.72. The molecule has 1 amide bonds. The van der Waals surface area contributed by atoms with Crippen molar-refractivity contribution in [1.29, 1.82) is 0 Å². The van der Waals surface area contributed by atoms with E-state index in [2.05, 4.69) is 50.2 Å². The van der Waals surface area contributed by atoms with Crippen LogP contribution in [-0.4, -0.2) is 24.0 Å². The molecule has 2 atom stereocenters. The molecule has 0 spiro atoms. The molecule has 1 aliphatic heterocycles. The molecular weight excluding hydrogens is 310 g/mol. The van der Waals surface area contributed by atoms with Gasteiger partial charge in [-0.3, -0.25) is 4.79 Å². The van der Waals surface area contributed by atoms with Crippen LogP contribution in [0, 0.1) is 6.92 Å². The maximum absolute atomic E-state index is 12.6. The Balaban J connectivity index is 1.56. The van der Waals surface area contributed by atoms with Crippen LogP contribution in [0.3, 0.4) is 0 Å². The third-order valence-corrected chi connectivity index (χ3v) is 4.93. The predicted molar refractivity (Wildman–Crippen MR) is 101 cm³/mol. The molecule has 1 heterocycles. The van der Waals surface area contributed by atoms with E-state index in [4.69, 9.17) is 4.74 Å². The Bertz CT molecular complexity index is 749. The number of benzene rings is 2. The Labute approximate surface area is 149 Å². The van der Waals surface area contributed by atoms with Crippen molar-refractivity contribution in [3.8, 4) is 0 Å². The molecule has 0 N–H and O–H groups in total. The molecule has 0 saturated carbocycles. The van der Waals surface area contributed by atoms with Crippen LogP contribution < -0.4 is 0 Å². The van der Waals surface area contributed by atoms with Gasteiger partial charge in [-0.2, -0.15) is 0 Å². The molecule has 0 fully saturated rings. The van der Waals surface area contributed by atoms with Gasteiger partial charge in [-0.05, 0) is 30.5 Å². The minimum atomic E-state index is -0.0748. The second-order valence-electron chi connectivity index (χ2n) is 6.77. The fourth-order valence-electron chi connectivity index (χ4n) is 3.10. The summed E-state index contributed by atoms with van der Waals surface area (Å²) in [6.45, 7) is 4.13. The number of ether oxygens (including phenoxy) is 1. The molecule has 0 radical (unpaired) electrons. The summed E-state index contributed by atoms with van der Waals surface area (Å²) < 4.78 is 5.75. The number of carbonyl (C=O) groups excluding carboxylic acids is 1. The minimum absolute atomic E-state index is 0.0552. The van der Waals surface area contributed by atoms with Gasteiger partial charge in [-0.25, -0.2) is 0 Å². The first-order valence-corrected chi connectivity index (χ1v) is 8.76. The first-order chi connectivity index (χ1) is 12.0. The van der Waals surface area contributed by atoms with E-state index >= 15 is 0 Å². The van der Waals surface area contributed by atoms with Crippen LogP contribution in [-0.2, 0) is 9.53 Å². The van der Waals surface area contributed by atoms with Gasteiger partial charge in [0.1, 0.15) is 6.10 Å². The van der Waals surface area contributed by atoms with Gasteiger partial charge >= 0.3 is 0 Å². The van der Waals surface area contributed by atoms with Crippen LogP contribution in [0.4, 0.5) is 0 Å². The lowest BCUT2D eigenvalue weighted by atomic mass is 10.00. The highest BCUT2D eigenvalue weighted by Gasteiger charge is 2.26. The summed E-state index contributed by atoms with van der Waals surface area (Å²) in [6, 6.07) is 18.6. The van der Waals surface area contributed by atoms with Crippen LogP contribution in [0.1, 0.15) is 42.5 Å². The largest absolute Gasteiger partial charge is 0.497 e. The van der Waals surface area contributed by atoms with E-state index < -0.39 is 0 Å². The van der Waals surface area contributed by atoms with E-state index in [0.29, 0.717) is 6.42 Å². The highest BCUT2D eigenvalue weighted by molar-refractivity contribution is 5.78. The molecule has 3 nitrogen and oxygen atoms in total. The Morgan fingerprint density at radius 2 is 1.84 bits per heavy atom. The highest BCUT2D eigenvalue weighted by Crippen LogP contribution is 2.30. The number of hydrogen-bond acceptors (Lipinski definition) is 2. The second kappa shape index (κ2) is 7.56. The van der Waals surface area contributed by atoms with Crippen LogP contribution in [0.2, 0.25) is 0 Å². The number of hydrogen-bond donors (Lipinski definition) is 0. The predicted octanol–water partition coefficient (Wildman–Crippen LogP) is 4.73. The first-order valence-electron chi connectivity index (χ1n) is 8.76. The van der Waals surface area contributed by atoms with Crippen molar-refractivity contribution in [2.75, 3.05) is 7.05 Å². The van der Waals surface area contributed by atoms with Gasteiger partial charge in [-0.1, -0.05) is 60.2 Å². The molecule has 1 aliphatic rings. The summed E-state index contributed by atoms with van der Waals surface area (Å²) in [4.78, 5) is 14.4. The monoisotopic (exact) mass is 335 g/mol. The lowest BCUT2D eigenvalue weighted by molar-refractivity contribution is -0.133. The molecule has 2 unspecified atom stereocenters. The zero-order valence-corrected chi connectivity index (χ0v) is 15.1. The van der Waals surface area contributed by atoms with Gasteiger partial charge in [0.25, 0.3) is 0 Å². The highest BCUT2D eigenvalue weighted by atomic mass is 16.5. The summed E-state index contributed by atoms with van der Waals surface area (Å²) in [5, 5.41) is 0. The van der Waals surface area contributed by atoms with Gasteiger partial charge < -0.3 is 9.64 Å². The first kappa shape index (κ1) is 17.3. The fourth-order valence-corrected chi connectivity index (χ4v) is 3.10. The Morgan fingerprint density at radius 1 is 1.16 bits per heavy atom. The van der Waals surface area contributed by atoms with E-state index in [9.17, 15) is 4.79 Å². The zero-order valence-electron chi connectivity index (χ0n) is 15.1. The van der Waals surface area contributed by atoms with Crippen molar-refractivity contribution in [2.24, 2.45) is 0 Å². The summed E-state index contributed by atoms with van der Waals surface area (Å²) in [6.07, 6.45) is 2.92. The Morgan fingerprint density at radius 3 is 2.52 bits per heavy atom. The molecule has 0 bridgehead atoms. The normalized spacial score (nSPS) is 17.6. The molecule has 0 saturated heterocycles. The van der Waals surface area contributed by atoms with Gasteiger partial charge in [0.15, 0.2) is 0 Å². The molecule has 0 aliphatic carbocycles. The Kier molecular flexibility index (Phi) is 5.22. The molecular formula is C22H25NO2. The summed E-state index contributed by atoms with van der Waals surface area (Å²) >= 11 is 0. The summed E-state index contributed by atoms with van der Waals surface area (Å²) in [5.74, 6) is 0.111. The van der Waals surface area contributed by atoms with Crippen molar-refractivity contribution in [2.45, 2.75) is 38.8 Å². The second-order valence-corrected chi connectivity index (χ2v) is 6.77. The molecule has 3 heteroatoms. The van der Waals surface area contributed by atoms with Gasteiger partial charge in [0.2, 0.25) is 5.91 Å². The number of nitrogens with zero attached hydrogens (tertiary/aromatic N) is 1. The van der Waals surface area contributed by atoms with Crippen molar-refractivity contribution < 1.29 is 9.53 Å². The molecule has 2 aromatic carbocycles. The fraction of sp³-hybridized carbons (Fsp3) is 0.318. The lowest BCUT2D eigenvalue weighted by Crippen LogP contribution is -2.32. The smallest absolute Gasteiger partial charge is 0.226 e. The van der Waals surface area contributed by atoms with Crippen molar-refractivity contribution >= 4 is 11.5 Å². The minimum Gasteiger partial charge on any atom is -0.497 e. The van der Waals surface area contributed by atoms with Gasteiger partial charge in [-0.15, -0.1) is 0 Å². The standard InChI is InChI=1S/C22H25NO2/c1-16-9-11-19(12-10-16)20-13-21(25-15-20)14-22(24)23(3)17(2)18-7-5-4-6-8-18/h4-12,15,17,21H,13-14H2,1-3H3. The van der Waals surface area contributed by atoms with Gasteiger partial charge in [0, 0.05) is 13.5 Å². The molecule has 25 heavy (non-hydrogen) atoms. The van der Waals surface area contributed by atoms with Crippen LogP contribution >= 0.6 is 0 Å². The van der Waals surface area contributed by atoms with E-state index in [-0.39, 0.29) is 18.1 Å². The van der Waals surface area contributed by atoms with E-state index in [0.717, 1.165) is 17.6 Å². The molecule has 2 aromatic rings. The van der Waals surface area contributed by atoms with Gasteiger partial charge in [0.05, 0.1) is 18.7 Å². The van der Waals surface area contributed by atoms with Crippen molar-refractivity contribution in [3.05, 3.63) is 77.5 Å². The van der Waals surface area contributed by atoms with Crippen LogP contribution in [0.15, 0.2) is 60.9 Å². The van der Waals surface area contributed by atoms with Crippen molar-refractivity contribution in [3.63, 3.8) is 0 Å². The topological polar surface area (TPSA) is 29.5 Å². The van der Waals surface area contributed by atoms with E-state index in [1.165, 1.54) is 11.1 Å². The molecule has 130 valence electrons. The average molecular weight is 335 g/mol. The number of carbonyl (C=O) groups is 1. The Hall–Kier alpha value is -2.55. The SMILES string of the molecule is Cc1ccc(C2=COC(CC(=O)N(C)C(C)c3ccccc3)C2)cc1. The lowest BCUT2D eigenvalue weighted by Gasteiger charge is -2.26.